The number of carboxylic acids is 1. The SMILES string of the molecule is CC(=O)N1CCCC1c1ccc(CCc2cncc(C(=O)O)c2)cn1. The van der Waals surface area contributed by atoms with E-state index < -0.39 is 5.97 Å². The fourth-order valence-corrected chi connectivity index (χ4v) is 3.26. The predicted octanol–water partition coefficient (Wildman–Crippen LogP) is 2.64. The molecule has 1 atom stereocenters. The van der Waals surface area contributed by atoms with Gasteiger partial charge in [-0.25, -0.2) is 4.79 Å². The van der Waals surface area contributed by atoms with Crippen LogP contribution in [0.3, 0.4) is 0 Å². The second-order valence-corrected chi connectivity index (χ2v) is 6.35. The minimum atomic E-state index is -0.966. The van der Waals surface area contributed by atoms with E-state index in [-0.39, 0.29) is 17.5 Å². The molecule has 0 radical (unpaired) electrons. The summed E-state index contributed by atoms with van der Waals surface area (Å²) in [6.07, 6.45) is 8.33. The van der Waals surface area contributed by atoms with E-state index in [1.54, 1.807) is 19.2 Å². The number of likely N-dealkylation sites (tertiary alicyclic amines) is 1. The molecule has 0 spiro atoms. The zero-order valence-corrected chi connectivity index (χ0v) is 14.2. The highest BCUT2D eigenvalue weighted by atomic mass is 16.4. The average Bonchev–Trinajstić information content (AvgIpc) is 3.11. The van der Waals surface area contributed by atoms with Gasteiger partial charge in [0.15, 0.2) is 0 Å². The molecule has 1 N–H and O–H groups in total. The Kier molecular flexibility index (Phi) is 5.07. The molecule has 130 valence electrons. The van der Waals surface area contributed by atoms with Crippen molar-refractivity contribution in [2.24, 2.45) is 0 Å². The normalized spacial score (nSPS) is 16.8. The van der Waals surface area contributed by atoms with Crippen molar-refractivity contribution in [1.29, 1.82) is 0 Å². The van der Waals surface area contributed by atoms with E-state index in [1.165, 1.54) is 6.20 Å². The molecule has 1 aliphatic rings. The van der Waals surface area contributed by atoms with E-state index in [0.717, 1.165) is 42.6 Å². The van der Waals surface area contributed by atoms with Gasteiger partial charge in [-0.05, 0) is 48.9 Å². The Bertz CT molecular complexity index is 774. The number of aromatic carboxylic acids is 1. The average molecular weight is 339 g/mol. The number of hydrogen-bond donors (Lipinski definition) is 1. The molecule has 0 aliphatic carbocycles. The molecule has 0 saturated carbocycles. The standard InChI is InChI=1S/C19H21N3O3/c1-13(23)22-8-2-3-18(22)17-7-6-14(11-21-17)4-5-15-9-16(19(24)25)12-20-10-15/h6-7,9-12,18H,2-5,8H2,1H3,(H,24,25). The first kappa shape index (κ1) is 17.1. The lowest BCUT2D eigenvalue weighted by Crippen LogP contribution is -2.28. The second kappa shape index (κ2) is 7.42. The van der Waals surface area contributed by atoms with Gasteiger partial charge in [0.2, 0.25) is 5.91 Å². The maximum Gasteiger partial charge on any atom is 0.337 e. The Hall–Kier alpha value is -2.76. The molecule has 2 aromatic heterocycles. The van der Waals surface area contributed by atoms with Gasteiger partial charge in [-0.1, -0.05) is 6.07 Å². The smallest absolute Gasteiger partial charge is 0.337 e. The zero-order valence-electron chi connectivity index (χ0n) is 14.2. The van der Waals surface area contributed by atoms with Gasteiger partial charge in [0.1, 0.15) is 0 Å². The van der Waals surface area contributed by atoms with Crippen LogP contribution in [0.1, 0.15) is 53.0 Å². The van der Waals surface area contributed by atoms with Crippen LogP contribution in [0.25, 0.3) is 0 Å². The van der Waals surface area contributed by atoms with E-state index in [9.17, 15) is 9.59 Å². The molecule has 3 rings (SSSR count). The first-order valence-electron chi connectivity index (χ1n) is 8.44. The summed E-state index contributed by atoms with van der Waals surface area (Å²) in [4.78, 5) is 33.1. The molecule has 1 fully saturated rings. The van der Waals surface area contributed by atoms with Crippen molar-refractivity contribution < 1.29 is 14.7 Å². The first-order valence-corrected chi connectivity index (χ1v) is 8.44. The number of carbonyl (C=O) groups excluding carboxylic acids is 1. The van der Waals surface area contributed by atoms with Gasteiger partial charge < -0.3 is 10.0 Å². The Morgan fingerprint density at radius 3 is 2.68 bits per heavy atom. The molecule has 6 nitrogen and oxygen atoms in total. The van der Waals surface area contributed by atoms with Gasteiger partial charge >= 0.3 is 5.97 Å². The van der Waals surface area contributed by atoms with Crippen molar-refractivity contribution in [3.63, 3.8) is 0 Å². The molecule has 0 aromatic carbocycles. The van der Waals surface area contributed by atoms with Crippen LogP contribution in [0.4, 0.5) is 0 Å². The van der Waals surface area contributed by atoms with Crippen LogP contribution in [0.5, 0.6) is 0 Å². The minimum Gasteiger partial charge on any atom is -0.478 e. The molecule has 1 amide bonds. The number of nitrogens with zero attached hydrogens (tertiary/aromatic N) is 3. The van der Waals surface area contributed by atoms with Gasteiger partial charge in [-0.2, -0.15) is 0 Å². The van der Waals surface area contributed by atoms with Crippen molar-refractivity contribution in [3.05, 3.63) is 59.2 Å². The van der Waals surface area contributed by atoms with Crippen LogP contribution in [0.2, 0.25) is 0 Å². The van der Waals surface area contributed by atoms with Crippen LogP contribution in [0, 0.1) is 0 Å². The Labute approximate surface area is 146 Å². The van der Waals surface area contributed by atoms with Crippen LogP contribution < -0.4 is 0 Å². The van der Waals surface area contributed by atoms with E-state index >= 15 is 0 Å². The molecule has 1 unspecified atom stereocenters. The molecular formula is C19H21N3O3. The highest BCUT2D eigenvalue weighted by Gasteiger charge is 2.28. The largest absolute Gasteiger partial charge is 0.478 e. The lowest BCUT2D eigenvalue weighted by molar-refractivity contribution is -0.129. The van der Waals surface area contributed by atoms with Gasteiger partial charge in [-0.3, -0.25) is 14.8 Å². The van der Waals surface area contributed by atoms with Crippen molar-refractivity contribution >= 4 is 11.9 Å². The summed E-state index contributed by atoms with van der Waals surface area (Å²) in [5.41, 5.74) is 3.11. The summed E-state index contributed by atoms with van der Waals surface area (Å²) in [5.74, 6) is -0.869. The number of carboxylic acid groups (broad SMARTS) is 1. The third-order valence-corrected chi connectivity index (χ3v) is 4.59. The summed E-state index contributed by atoms with van der Waals surface area (Å²) in [5, 5.41) is 9.01. The van der Waals surface area contributed by atoms with Crippen molar-refractivity contribution in [2.75, 3.05) is 6.54 Å². The zero-order chi connectivity index (χ0) is 17.8. The van der Waals surface area contributed by atoms with E-state index in [1.807, 2.05) is 23.2 Å². The summed E-state index contributed by atoms with van der Waals surface area (Å²) in [6, 6.07) is 5.77. The van der Waals surface area contributed by atoms with Crippen LogP contribution in [-0.2, 0) is 17.6 Å². The number of carbonyl (C=O) groups is 2. The number of aryl methyl sites for hydroxylation is 2. The predicted molar refractivity (Wildman–Crippen MR) is 92.2 cm³/mol. The monoisotopic (exact) mass is 339 g/mol. The third kappa shape index (κ3) is 4.02. The van der Waals surface area contributed by atoms with Gasteiger partial charge in [-0.15, -0.1) is 0 Å². The maximum atomic E-state index is 11.7. The summed E-state index contributed by atoms with van der Waals surface area (Å²) < 4.78 is 0. The molecule has 3 heterocycles. The minimum absolute atomic E-state index is 0.0861. The maximum absolute atomic E-state index is 11.7. The summed E-state index contributed by atoms with van der Waals surface area (Å²) >= 11 is 0. The molecule has 1 saturated heterocycles. The number of amides is 1. The quantitative estimate of drug-likeness (QED) is 0.905. The van der Waals surface area contributed by atoms with Gasteiger partial charge in [0.05, 0.1) is 17.3 Å². The van der Waals surface area contributed by atoms with Crippen LogP contribution >= 0.6 is 0 Å². The number of pyridine rings is 2. The van der Waals surface area contributed by atoms with Crippen molar-refractivity contribution in [1.82, 2.24) is 14.9 Å². The Morgan fingerprint density at radius 2 is 2.00 bits per heavy atom. The number of hydrogen-bond acceptors (Lipinski definition) is 4. The number of aromatic nitrogens is 2. The Balaban J connectivity index is 1.64. The second-order valence-electron chi connectivity index (χ2n) is 6.35. The molecule has 6 heteroatoms. The van der Waals surface area contributed by atoms with Crippen molar-refractivity contribution in [3.8, 4) is 0 Å². The van der Waals surface area contributed by atoms with Gasteiger partial charge in [0, 0.05) is 32.1 Å². The van der Waals surface area contributed by atoms with E-state index in [0.29, 0.717) is 6.42 Å². The summed E-state index contributed by atoms with van der Waals surface area (Å²) in [6.45, 7) is 2.41. The number of rotatable bonds is 5. The van der Waals surface area contributed by atoms with Crippen LogP contribution in [-0.4, -0.2) is 38.4 Å². The highest BCUT2D eigenvalue weighted by Crippen LogP contribution is 2.30. The molecule has 1 aliphatic heterocycles. The molecule has 25 heavy (non-hydrogen) atoms. The lowest BCUT2D eigenvalue weighted by Gasteiger charge is -2.22. The van der Waals surface area contributed by atoms with Crippen LogP contribution in [0.15, 0.2) is 36.8 Å². The van der Waals surface area contributed by atoms with Gasteiger partial charge in [0.25, 0.3) is 0 Å². The Morgan fingerprint density at radius 1 is 1.20 bits per heavy atom. The van der Waals surface area contributed by atoms with E-state index in [2.05, 4.69) is 9.97 Å². The fourth-order valence-electron chi connectivity index (χ4n) is 3.26. The molecule has 2 aromatic rings. The molecule has 0 bridgehead atoms. The van der Waals surface area contributed by atoms with Crippen molar-refractivity contribution in [2.45, 2.75) is 38.6 Å². The third-order valence-electron chi connectivity index (χ3n) is 4.59. The lowest BCUT2D eigenvalue weighted by atomic mass is 10.0. The first-order chi connectivity index (χ1) is 12.0. The topological polar surface area (TPSA) is 83.4 Å². The highest BCUT2D eigenvalue weighted by molar-refractivity contribution is 5.87. The fraction of sp³-hybridized carbons (Fsp3) is 0.368. The molecular weight excluding hydrogens is 318 g/mol. The summed E-state index contributed by atoms with van der Waals surface area (Å²) in [7, 11) is 0. The van der Waals surface area contributed by atoms with E-state index in [4.69, 9.17) is 5.11 Å².